The monoisotopic (exact) mass is 310 g/mol. The smallest absolute Gasteiger partial charge is 0.205 e. The lowest BCUT2D eigenvalue weighted by Crippen LogP contribution is -2.00. The first-order valence-corrected chi connectivity index (χ1v) is 8.63. The summed E-state index contributed by atoms with van der Waals surface area (Å²) in [5.41, 5.74) is 9.87. The number of rotatable bonds is 5. The van der Waals surface area contributed by atoms with Gasteiger partial charge in [-0.2, -0.15) is 5.10 Å². The number of aromatic nitrogens is 1. The molecule has 1 aromatic carbocycles. The summed E-state index contributed by atoms with van der Waals surface area (Å²) in [6.07, 6.45) is 2.84. The van der Waals surface area contributed by atoms with Crippen LogP contribution in [0.15, 0.2) is 34.7 Å². The van der Waals surface area contributed by atoms with E-state index < -0.39 is 9.84 Å². The minimum absolute atomic E-state index is 0.0427. The highest BCUT2D eigenvalue weighted by molar-refractivity contribution is 7.89. The summed E-state index contributed by atoms with van der Waals surface area (Å²) >= 11 is 1.37. The van der Waals surface area contributed by atoms with Gasteiger partial charge in [-0.15, -0.1) is 11.3 Å². The number of sulfone groups is 1. The standard InChI is InChI=1S/C12H14N4O2S2/c1-20(17,18)8-10-4-2-9(3-5-10)6-14-16-12-15-11(13)7-19-12/h2-7H,8,13H2,1H3,(H,15,16). The molecular formula is C12H14N4O2S2. The third-order valence-electron chi connectivity index (χ3n) is 2.30. The van der Waals surface area contributed by atoms with Crippen molar-refractivity contribution in [2.24, 2.45) is 5.10 Å². The van der Waals surface area contributed by atoms with Crippen molar-refractivity contribution in [1.29, 1.82) is 0 Å². The van der Waals surface area contributed by atoms with Gasteiger partial charge in [-0.1, -0.05) is 24.3 Å². The van der Waals surface area contributed by atoms with Gasteiger partial charge in [-0.3, -0.25) is 5.43 Å². The second kappa shape index (κ2) is 6.02. The Bertz CT molecular complexity index is 705. The number of nitrogens with zero attached hydrogens (tertiary/aromatic N) is 2. The Kier molecular flexibility index (Phi) is 4.35. The number of nitrogen functional groups attached to an aromatic ring is 1. The fraction of sp³-hybridized carbons (Fsp3) is 0.167. The Balaban J connectivity index is 1.96. The van der Waals surface area contributed by atoms with Gasteiger partial charge in [0.05, 0.1) is 12.0 Å². The number of hydrogen-bond acceptors (Lipinski definition) is 7. The molecule has 0 unspecified atom stereocenters. The van der Waals surface area contributed by atoms with Crippen LogP contribution < -0.4 is 11.2 Å². The summed E-state index contributed by atoms with van der Waals surface area (Å²) in [6.45, 7) is 0. The van der Waals surface area contributed by atoms with Crippen LogP contribution in [0.4, 0.5) is 10.9 Å². The van der Waals surface area contributed by atoms with Crippen LogP contribution in [0.3, 0.4) is 0 Å². The molecule has 0 aliphatic heterocycles. The van der Waals surface area contributed by atoms with E-state index in [-0.39, 0.29) is 5.75 Å². The summed E-state index contributed by atoms with van der Waals surface area (Å²) in [7, 11) is -3.01. The molecule has 0 radical (unpaired) electrons. The van der Waals surface area contributed by atoms with E-state index in [9.17, 15) is 8.42 Å². The molecule has 0 bridgehead atoms. The largest absolute Gasteiger partial charge is 0.383 e. The van der Waals surface area contributed by atoms with Gasteiger partial charge in [0.15, 0.2) is 9.84 Å². The van der Waals surface area contributed by atoms with Crippen molar-refractivity contribution in [3.8, 4) is 0 Å². The van der Waals surface area contributed by atoms with Crippen LogP contribution in [0.1, 0.15) is 11.1 Å². The van der Waals surface area contributed by atoms with Gasteiger partial charge in [-0.05, 0) is 11.1 Å². The molecule has 0 fully saturated rings. The Morgan fingerprint density at radius 3 is 2.65 bits per heavy atom. The lowest BCUT2D eigenvalue weighted by Gasteiger charge is -2.00. The van der Waals surface area contributed by atoms with Gasteiger partial charge in [0.1, 0.15) is 5.82 Å². The summed E-state index contributed by atoms with van der Waals surface area (Å²) in [4.78, 5) is 4.00. The highest BCUT2D eigenvalue weighted by Gasteiger charge is 2.03. The lowest BCUT2D eigenvalue weighted by atomic mass is 10.2. The first-order valence-electron chi connectivity index (χ1n) is 5.69. The highest BCUT2D eigenvalue weighted by Crippen LogP contribution is 2.16. The molecular weight excluding hydrogens is 296 g/mol. The van der Waals surface area contributed by atoms with Gasteiger partial charge >= 0.3 is 0 Å². The van der Waals surface area contributed by atoms with Gasteiger partial charge < -0.3 is 5.73 Å². The van der Waals surface area contributed by atoms with Crippen LogP contribution >= 0.6 is 11.3 Å². The number of benzene rings is 1. The highest BCUT2D eigenvalue weighted by atomic mass is 32.2. The maximum absolute atomic E-state index is 11.2. The second-order valence-corrected chi connectivity index (χ2v) is 7.26. The van der Waals surface area contributed by atoms with Crippen molar-refractivity contribution in [3.63, 3.8) is 0 Å². The lowest BCUT2D eigenvalue weighted by molar-refractivity contribution is 0.601. The average Bonchev–Trinajstić information content (AvgIpc) is 2.75. The Labute approximate surface area is 121 Å². The van der Waals surface area contributed by atoms with E-state index in [1.54, 1.807) is 23.7 Å². The Morgan fingerprint density at radius 1 is 1.40 bits per heavy atom. The second-order valence-electron chi connectivity index (χ2n) is 4.26. The molecule has 3 N–H and O–H groups in total. The molecule has 0 saturated heterocycles. The summed E-state index contributed by atoms with van der Waals surface area (Å²) < 4.78 is 22.3. The fourth-order valence-electron chi connectivity index (χ4n) is 1.50. The quantitative estimate of drug-likeness (QED) is 0.647. The number of thiazole rings is 1. The summed E-state index contributed by atoms with van der Waals surface area (Å²) in [5, 5.41) is 6.37. The zero-order valence-corrected chi connectivity index (χ0v) is 12.4. The Hall–Kier alpha value is -1.93. The first-order chi connectivity index (χ1) is 9.42. The van der Waals surface area contributed by atoms with Crippen LogP contribution in [0.5, 0.6) is 0 Å². The predicted molar refractivity (Wildman–Crippen MR) is 82.7 cm³/mol. The van der Waals surface area contributed by atoms with Crippen LogP contribution in [-0.4, -0.2) is 25.9 Å². The minimum atomic E-state index is -3.01. The molecule has 106 valence electrons. The van der Waals surface area contributed by atoms with Crippen molar-refractivity contribution >= 4 is 38.3 Å². The van der Waals surface area contributed by atoms with Gasteiger partial charge in [0, 0.05) is 11.6 Å². The zero-order chi connectivity index (χ0) is 14.6. The van der Waals surface area contributed by atoms with E-state index in [1.807, 2.05) is 12.1 Å². The molecule has 0 saturated carbocycles. The SMILES string of the molecule is CS(=O)(=O)Cc1ccc(C=NNc2nc(N)cs2)cc1. The van der Waals surface area contributed by atoms with Crippen molar-refractivity contribution in [2.75, 3.05) is 17.4 Å². The maximum Gasteiger partial charge on any atom is 0.205 e. The fourth-order valence-corrected chi connectivity index (χ4v) is 2.85. The summed E-state index contributed by atoms with van der Waals surface area (Å²) in [6, 6.07) is 7.15. The zero-order valence-electron chi connectivity index (χ0n) is 10.8. The number of nitrogens with one attached hydrogen (secondary N) is 1. The van der Waals surface area contributed by atoms with Crippen molar-refractivity contribution in [1.82, 2.24) is 4.98 Å². The van der Waals surface area contributed by atoms with E-state index in [0.29, 0.717) is 10.9 Å². The minimum Gasteiger partial charge on any atom is -0.383 e. The van der Waals surface area contributed by atoms with Crippen LogP contribution in [-0.2, 0) is 15.6 Å². The first kappa shape index (κ1) is 14.5. The third kappa shape index (κ3) is 4.63. The van der Waals surface area contributed by atoms with Crippen LogP contribution in [0.2, 0.25) is 0 Å². The number of nitrogens with two attached hydrogens (primary N) is 1. The number of hydrogen-bond donors (Lipinski definition) is 2. The van der Waals surface area contributed by atoms with E-state index in [0.717, 1.165) is 11.1 Å². The molecule has 2 aromatic rings. The van der Waals surface area contributed by atoms with E-state index in [4.69, 9.17) is 5.73 Å². The molecule has 0 amide bonds. The molecule has 0 spiro atoms. The Morgan fingerprint density at radius 2 is 2.10 bits per heavy atom. The molecule has 0 atom stereocenters. The molecule has 0 aliphatic rings. The molecule has 0 aliphatic carbocycles. The molecule has 2 rings (SSSR count). The number of anilines is 2. The molecule has 1 heterocycles. The summed E-state index contributed by atoms with van der Waals surface area (Å²) in [5.74, 6) is 0.499. The van der Waals surface area contributed by atoms with Crippen molar-refractivity contribution in [2.45, 2.75) is 5.75 Å². The normalized spacial score (nSPS) is 11.8. The average molecular weight is 310 g/mol. The molecule has 8 heteroatoms. The van der Waals surface area contributed by atoms with E-state index in [2.05, 4.69) is 15.5 Å². The van der Waals surface area contributed by atoms with Gasteiger partial charge in [-0.25, -0.2) is 13.4 Å². The molecule has 1 aromatic heterocycles. The van der Waals surface area contributed by atoms with Crippen molar-refractivity contribution in [3.05, 3.63) is 40.8 Å². The van der Waals surface area contributed by atoms with Crippen LogP contribution in [0, 0.1) is 0 Å². The topological polar surface area (TPSA) is 97.4 Å². The molecule has 6 nitrogen and oxygen atoms in total. The van der Waals surface area contributed by atoms with Gasteiger partial charge in [0.2, 0.25) is 5.13 Å². The maximum atomic E-state index is 11.2. The van der Waals surface area contributed by atoms with E-state index in [1.165, 1.54) is 17.6 Å². The van der Waals surface area contributed by atoms with E-state index >= 15 is 0 Å². The van der Waals surface area contributed by atoms with Crippen LogP contribution in [0.25, 0.3) is 0 Å². The van der Waals surface area contributed by atoms with Gasteiger partial charge in [0.25, 0.3) is 0 Å². The predicted octanol–water partition coefficient (Wildman–Crippen LogP) is 1.72. The third-order valence-corrected chi connectivity index (χ3v) is 3.93. The molecule has 20 heavy (non-hydrogen) atoms. The van der Waals surface area contributed by atoms with Crippen molar-refractivity contribution < 1.29 is 8.42 Å². The number of hydrazone groups is 1.